The van der Waals surface area contributed by atoms with E-state index in [0.29, 0.717) is 10.7 Å². The normalized spacial score (nSPS) is 12.2. The highest BCUT2D eigenvalue weighted by Gasteiger charge is 2.20. The van der Waals surface area contributed by atoms with Gasteiger partial charge in [-0.1, -0.05) is 12.1 Å². The summed E-state index contributed by atoms with van der Waals surface area (Å²) < 4.78 is 1.02. The van der Waals surface area contributed by atoms with Crippen LogP contribution in [0.25, 0.3) is 10.2 Å². The SMILES string of the molecule is N#CC(c1ccnc(O)n1)c1nc2ccccc2s1. The van der Waals surface area contributed by atoms with Crippen LogP contribution in [0.5, 0.6) is 6.01 Å². The van der Waals surface area contributed by atoms with E-state index in [9.17, 15) is 10.4 Å². The summed E-state index contributed by atoms with van der Waals surface area (Å²) >= 11 is 1.45. The molecular formula is C13H8N4OS. The molecule has 5 nitrogen and oxygen atoms in total. The molecule has 0 spiro atoms. The van der Waals surface area contributed by atoms with Gasteiger partial charge in [0.1, 0.15) is 10.9 Å². The Kier molecular flexibility index (Phi) is 2.82. The average molecular weight is 268 g/mol. The van der Waals surface area contributed by atoms with Crippen molar-refractivity contribution in [2.75, 3.05) is 0 Å². The van der Waals surface area contributed by atoms with Gasteiger partial charge in [-0.25, -0.2) is 9.97 Å². The van der Waals surface area contributed by atoms with E-state index in [1.807, 2.05) is 24.3 Å². The van der Waals surface area contributed by atoms with Crippen LogP contribution in [0, 0.1) is 11.3 Å². The molecule has 0 bridgehead atoms. The van der Waals surface area contributed by atoms with Gasteiger partial charge >= 0.3 is 6.01 Å². The molecule has 0 fully saturated rings. The summed E-state index contributed by atoms with van der Waals surface area (Å²) in [6, 6.07) is 11.1. The predicted octanol–water partition coefficient (Wildman–Crippen LogP) is 2.45. The fourth-order valence-electron chi connectivity index (χ4n) is 1.78. The number of rotatable bonds is 2. The molecule has 1 N–H and O–H groups in total. The second-order valence-corrected chi connectivity index (χ2v) is 4.93. The van der Waals surface area contributed by atoms with Crippen LogP contribution in [0.2, 0.25) is 0 Å². The summed E-state index contributed by atoms with van der Waals surface area (Å²) in [5.41, 5.74) is 1.31. The van der Waals surface area contributed by atoms with Crippen LogP contribution in [0.15, 0.2) is 36.5 Å². The van der Waals surface area contributed by atoms with Gasteiger partial charge in [0, 0.05) is 6.20 Å². The number of hydrogen-bond donors (Lipinski definition) is 1. The molecule has 3 rings (SSSR count). The molecule has 1 aromatic carbocycles. The van der Waals surface area contributed by atoms with Crippen LogP contribution in [-0.4, -0.2) is 20.1 Å². The minimum atomic E-state index is -0.591. The van der Waals surface area contributed by atoms with E-state index in [0.717, 1.165) is 10.2 Å². The Morgan fingerprint density at radius 3 is 2.79 bits per heavy atom. The van der Waals surface area contributed by atoms with Crippen molar-refractivity contribution in [3.8, 4) is 12.1 Å². The zero-order valence-electron chi connectivity index (χ0n) is 9.69. The van der Waals surface area contributed by atoms with Gasteiger partial charge in [-0.05, 0) is 18.2 Å². The maximum absolute atomic E-state index is 9.32. The van der Waals surface area contributed by atoms with E-state index in [2.05, 4.69) is 21.0 Å². The zero-order valence-corrected chi connectivity index (χ0v) is 10.5. The van der Waals surface area contributed by atoms with E-state index in [1.54, 1.807) is 6.07 Å². The highest BCUT2D eigenvalue weighted by molar-refractivity contribution is 7.18. The standard InChI is InChI=1S/C13H8N4OS/c14-7-8(9-5-6-15-13(18)17-9)12-16-10-3-1-2-4-11(10)19-12/h1-6,8H,(H,15,17,18). The third-order valence-electron chi connectivity index (χ3n) is 2.65. The molecule has 19 heavy (non-hydrogen) atoms. The minimum absolute atomic E-state index is 0.334. The third kappa shape index (κ3) is 2.11. The number of para-hydroxylation sites is 1. The third-order valence-corrected chi connectivity index (χ3v) is 3.75. The largest absolute Gasteiger partial charge is 0.479 e. The van der Waals surface area contributed by atoms with Crippen LogP contribution in [0.4, 0.5) is 0 Å². The van der Waals surface area contributed by atoms with Crippen LogP contribution < -0.4 is 0 Å². The molecule has 0 radical (unpaired) electrons. The summed E-state index contributed by atoms with van der Waals surface area (Å²) in [5, 5.41) is 19.3. The highest BCUT2D eigenvalue weighted by atomic mass is 32.1. The van der Waals surface area contributed by atoms with Crippen LogP contribution in [-0.2, 0) is 0 Å². The molecule has 92 valence electrons. The Hall–Kier alpha value is -2.52. The van der Waals surface area contributed by atoms with Crippen LogP contribution >= 0.6 is 11.3 Å². The Bertz CT molecular complexity index is 744. The molecule has 0 amide bonds. The first kappa shape index (κ1) is 11.6. The van der Waals surface area contributed by atoms with Crippen molar-refractivity contribution in [3.05, 3.63) is 47.2 Å². The van der Waals surface area contributed by atoms with Crippen molar-refractivity contribution in [1.29, 1.82) is 5.26 Å². The molecular weight excluding hydrogens is 260 g/mol. The molecule has 0 aliphatic carbocycles. The number of aromatic nitrogens is 3. The number of hydrogen-bond acceptors (Lipinski definition) is 6. The van der Waals surface area contributed by atoms with Gasteiger partial charge in [0.2, 0.25) is 0 Å². The van der Waals surface area contributed by atoms with Crippen molar-refractivity contribution in [2.24, 2.45) is 0 Å². The Labute approximate surface area is 112 Å². The first-order valence-corrected chi connectivity index (χ1v) is 6.36. The zero-order chi connectivity index (χ0) is 13.2. The maximum atomic E-state index is 9.32. The molecule has 0 saturated carbocycles. The second-order valence-electron chi connectivity index (χ2n) is 3.86. The molecule has 2 heterocycles. The molecule has 0 saturated heterocycles. The molecule has 0 aliphatic heterocycles. The molecule has 2 aromatic heterocycles. The summed E-state index contributed by atoms with van der Waals surface area (Å²) in [4.78, 5) is 11.9. The highest BCUT2D eigenvalue weighted by Crippen LogP contribution is 2.30. The Balaban J connectivity index is 2.10. The van der Waals surface area contributed by atoms with Crippen LogP contribution in [0.1, 0.15) is 16.6 Å². The van der Waals surface area contributed by atoms with E-state index in [-0.39, 0.29) is 6.01 Å². The van der Waals surface area contributed by atoms with Gasteiger partial charge in [0.15, 0.2) is 0 Å². The van der Waals surface area contributed by atoms with Gasteiger partial charge in [-0.3, -0.25) is 0 Å². The number of benzene rings is 1. The van der Waals surface area contributed by atoms with Crippen molar-refractivity contribution < 1.29 is 5.11 Å². The molecule has 1 unspecified atom stereocenters. The van der Waals surface area contributed by atoms with E-state index >= 15 is 0 Å². The molecule has 3 aromatic rings. The van der Waals surface area contributed by atoms with E-state index < -0.39 is 5.92 Å². The van der Waals surface area contributed by atoms with Crippen LogP contribution in [0.3, 0.4) is 0 Å². The lowest BCUT2D eigenvalue weighted by Crippen LogP contribution is -2.01. The number of aromatic hydroxyl groups is 1. The first-order chi connectivity index (χ1) is 9.28. The van der Waals surface area contributed by atoms with Gasteiger partial charge < -0.3 is 5.11 Å². The molecule has 6 heteroatoms. The summed E-state index contributed by atoms with van der Waals surface area (Å²) in [6.45, 7) is 0. The quantitative estimate of drug-likeness (QED) is 0.771. The molecule has 0 aliphatic rings. The topological polar surface area (TPSA) is 82.7 Å². The number of thiazole rings is 1. The van der Waals surface area contributed by atoms with Crippen molar-refractivity contribution in [1.82, 2.24) is 15.0 Å². The van der Waals surface area contributed by atoms with Gasteiger partial charge in [0.25, 0.3) is 0 Å². The summed E-state index contributed by atoms with van der Waals surface area (Å²) in [6.07, 6.45) is 1.43. The average Bonchev–Trinajstić information content (AvgIpc) is 2.83. The lowest BCUT2D eigenvalue weighted by molar-refractivity contribution is 0.427. The number of nitrogens with zero attached hydrogens (tertiary/aromatic N) is 4. The number of fused-ring (bicyclic) bond motifs is 1. The monoisotopic (exact) mass is 268 g/mol. The van der Waals surface area contributed by atoms with Crippen molar-refractivity contribution in [3.63, 3.8) is 0 Å². The maximum Gasteiger partial charge on any atom is 0.314 e. The Morgan fingerprint density at radius 1 is 1.21 bits per heavy atom. The first-order valence-electron chi connectivity index (χ1n) is 5.55. The fraction of sp³-hybridized carbons (Fsp3) is 0.0769. The Morgan fingerprint density at radius 2 is 2.05 bits per heavy atom. The van der Waals surface area contributed by atoms with Gasteiger partial charge in [-0.2, -0.15) is 10.2 Å². The fourth-order valence-corrected chi connectivity index (χ4v) is 2.81. The summed E-state index contributed by atoms with van der Waals surface area (Å²) in [7, 11) is 0. The predicted molar refractivity (Wildman–Crippen MR) is 70.8 cm³/mol. The minimum Gasteiger partial charge on any atom is -0.479 e. The lowest BCUT2D eigenvalue weighted by Gasteiger charge is -2.04. The molecule has 1 atom stereocenters. The van der Waals surface area contributed by atoms with Gasteiger partial charge in [0.05, 0.1) is 22.0 Å². The summed E-state index contributed by atoms with van der Waals surface area (Å²) in [5.74, 6) is -0.591. The smallest absolute Gasteiger partial charge is 0.314 e. The van der Waals surface area contributed by atoms with Gasteiger partial charge in [-0.15, -0.1) is 11.3 Å². The lowest BCUT2D eigenvalue weighted by atomic mass is 10.1. The second kappa shape index (κ2) is 4.63. The van der Waals surface area contributed by atoms with E-state index in [1.165, 1.54) is 17.5 Å². The van der Waals surface area contributed by atoms with Crippen molar-refractivity contribution >= 4 is 21.6 Å². The number of nitriles is 1. The van der Waals surface area contributed by atoms with Crippen molar-refractivity contribution in [2.45, 2.75) is 5.92 Å². The van der Waals surface area contributed by atoms with E-state index in [4.69, 9.17) is 0 Å².